The number of fused-ring (bicyclic) bond motifs is 2. The number of nitrogens with zero attached hydrogens (tertiary/aromatic N) is 4. The van der Waals surface area contributed by atoms with Crippen molar-refractivity contribution in [2.75, 3.05) is 18.5 Å². The monoisotopic (exact) mass is 311 g/mol. The molecule has 3 heterocycles. The van der Waals surface area contributed by atoms with E-state index in [9.17, 15) is 0 Å². The molecule has 1 aliphatic heterocycles. The highest BCUT2D eigenvalue weighted by Gasteiger charge is 2.11. The fraction of sp³-hybridized carbons (Fsp3) is 0.312. The molecule has 3 aromatic rings. The van der Waals surface area contributed by atoms with E-state index in [-0.39, 0.29) is 0 Å². The first-order valence-corrected chi connectivity index (χ1v) is 7.56. The van der Waals surface area contributed by atoms with Gasteiger partial charge in [0.2, 0.25) is 0 Å². The summed E-state index contributed by atoms with van der Waals surface area (Å²) in [5, 5.41) is 8.53. The van der Waals surface area contributed by atoms with Gasteiger partial charge in [-0.3, -0.25) is 4.68 Å². The highest BCUT2D eigenvalue weighted by molar-refractivity contribution is 5.85. The summed E-state index contributed by atoms with van der Waals surface area (Å²) < 4.78 is 13.1. The van der Waals surface area contributed by atoms with Crippen LogP contribution in [-0.2, 0) is 13.6 Å². The minimum absolute atomic E-state index is 0.637. The lowest BCUT2D eigenvalue weighted by Crippen LogP contribution is -2.03. The number of benzene rings is 1. The summed E-state index contributed by atoms with van der Waals surface area (Å²) in [6.07, 6.45) is 4.33. The van der Waals surface area contributed by atoms with Crippen molar-refractivity contribution >= 4 is 16.9 Å². The Labute approximate surface area is 133 Å². The zero-order valence-electron chi connectivity index (χ0n) is 12.8. The molecule has 118 valence electrons. The van der Waals surface area contributed by atoms with Gasteiger partial charge in [0.25, 0.3) is 0 Å². The van der Waals surface area contributed by atoms with Gasteiger partial charge >= 0.3 is 0 Å². The number of aromatic nitrogens is 4. The first-order valence-electron chi connectivity index (χ1n) is 7.56. The first-order chi connectivity index (χ1) is 11.3. The van der Waals surface area contributed by atoms with E-state index in [0.29, 0.717) is 25.4 Å². The number of aryl methyl sites for hydroxylation is 1. The molecule has 7 nitrogen and oxygen atoms in total. The highest BCUT2D eigenvalue weighted by atomic mass is 16.5. The maximum absolute atomic E-state index is 5.72. The van der Waals surface area contributed by atoms with Crippen LogP contribution in [0.2, 0.25) is 0 Å². The van der Waals surface area contributed by atoms with Crippen molar-refractivity contribution in [3.05, 3.63) is 36.3 Å². The Hall–Kier alpha value is -2.83. The summed E-state index contributed by atoms with van der Waals surface area (Å²) >= 11 is 0. The SMILES string of the molecule is Cn1cc2c(NCc3ccc4c(c3)OCCCO4)ncnc2n1. The molecule has 0 saturated heterocycles. The van der Waals surface area contributed by atoms with Crippen molar-refractivity contribution in [3.8, 4) is 11.5 Å². The Morgan fingerprint density at radius 1 is 1.17 bits per heavy atom. The molecule has 0 atom stereocenters. The molecule has 0 spiro atoms. The van der Waals surface area contributed by atoms with Gasteiger partial charge in [-0.15, -0.1) is 0 Å². The van der Waals surface area contributed by atoms with Gasteiger partial charge < -0.3 is 14.8 Å². The zero-order valence-corrected chi connectivity index (χ0v) is 12.8. The Morgan fingerprint density at radius 3 is 2.96 bits per heavy atom. The topological polar surface area (TPSA) is 74.1 Å². The summed E-state index contributed by atoms with van der Waals surface area (Å²) in [4.78, 5) is 8.47. The van der Waals surface area contributed by atoms with Crippen molar-refractivity contribution in [3.63, 3.8) is 0 Å². The molecule has 0 bridgehead atoms. The Kier molecular flexibility index (Phi) is 3.45. The number of hydrogen-bond donors (Lipinski definition) is 1. The van der Waals surface area contributed by atoms with E-state index in [1.807, 2.05) is 31.4 Å². The molecule has 0 unspecified atom stereocenters. The highest BCUT2D eigenvalue weighted by Crippen LogP contribution is 2.30. The number of ether oxygens (including phenoxy) is 2. The van der Waals surface area contributed by atoms with Crippen LogP contribution in [0, 0.1) is 0 Å². The predicted octanol–water partition coefficient (Wildman–Crippen LogP) is 2.14. The summed E-state index contributed by atoms with van der Waals surface area (Å²) in [5.74, 6) is 2.38. The zero-order chi connectivity index (χ0) is 15.6. The van der Waals surface area contributed by atoms with E-state index in [2.05, 4.69) is 20.4 Å². The fourth-order valence-corrected chi connectivity index (χ4v) is 2.59. The average molecular weight is 311 g/mol. The molecule has 1 aliphatic rings. The molecular weight excluding hydrogens is 294 g/mol. The third-order valence-corrected chi connectivity index (χ3v) is 3.70. The van der Waals surface area contributed by atoms with Gasteiger partial charge in [0.1, 0.15) is 12.1 Å². The van der Waals surface area contributed by atoms with Crippen LogP contribution in [0.5, 0.6) is 11.5 Å². The molecule has 0 fully saturated rings. The van der Waals surface area contributed by atoms with Gasteiger partial charge in [-0.25, -0.2) is 9.97 Å². The summed E-state index contributed by atoms with van der Waals surface area (Å²) in [6.45, 7) is 2.02. The lowest BCUT2D eigenvalue weighted by atomic mass is 10.2. The van der Waals surface area contributed by atoms with Gasteiger partial charge in [0.05, 0.1) is 18.6 Å². The van der Waals surface area contributed by atoms with Crippen molar-refractivity contribution in [1.82, 2.24) is 19.7 Å². The lowest BCUT2D eigenvalue weighted by Gasteiger charge is -2.10. The first kappa shape index (κ1) is 13.8. The Morgan fingerprint density at radius 2 is 2.04 bits per heavy atom. The third kappa shape index (κ3) is 2.77. The fourth-order valence-electron chi connectivity index (χ4n) is 2.59. The van der Waals surface area contributed by atoms with Crippen LogP contribution in [0.3, 0.4) is 0 Å². The smallest absolute Gasteiger partial charge is 0.186 e. The standard InChI is InChI=1S/C16H17N5O2/c1-21-9-12-15(18-10-19-16(12)20-21)17-8-11-3-4-13-14(7-11)23-6-2-5-22-13/h3-4,7,9-10H,2,5-6,8H2,1H3,(H,17,18,19,20). The second-order valence-corrected chi connectivity index (χ2v) is 5.45. The van der Waals surface area contributed by atoms with E-state index in [0.717, 1.165) is 34.7 Å². The number of nitrogens with one attached hydrogen (secondary N) is 1. The van der Waals surface area contributed by atoms with Crippen LogP contribution in [0.4, 0.5) is 5.82 Å². The second-order valence-electron chi connectivity index (χ2n) is 5.45. The minimum Gasteiger partial charge on any atom is -0.490 e. The second kappa shape index (κ2) is 5.75. The average Bonchev–Trinajstić information content (AvgIpc) is 2.79. The van der Waals surface area contributed by atoms with E-state index in [1.165, 1.54) is 6.33 Å². The quantitative estimate of drug-likeness (QED) is 0.799. The molecule has 1 N–H and O–H groups in total. The van der Waals surface area contributed by atoms with Gasteiger partial charge in [0.15, 0.2) is 17.1 Å². The van der Waals surface area contributed by atoms with Crippen molar-refractivity contribution < 1.29 is 9.47 Å². The van der Waals surface area contributed by atoms with Crippen LogP contribution >= 0.6 is 0 Å². The molecule has 0 saturated carbocycles. The predicted molar refractivity (Wildman–Crippen MR) is 85.7 cm³/mol. The lowest BCUT2D eigenvalue weighted by molar-refractivity contribution is 0.297. The summed E-state index contributed by atoms with van der Waals surface area (Å²) in [6, 6.07) is 5.99. The van der Waals surface area contributed by atoms with Gasteiger partial charge in [-0.1, -0.05) is 6.07 Å². The summed E-state index contributed by atoms with van der Waals surface area (Å²) in [7, 11) is 1.87. The molecule has 23 heavy (non-hydrogen) atoms. The molecular formula is C16H17N5O2. The van der Waals surface area contributed by atoms with Crippen LogP contribution in [0.1, 0.15) is 12.0 Å². The maximum atomic E-state index is 5.72. The van der Waals surface area contributed by atoms with Crippen LogP contribution in [0.25, 0.3) is 11.0 Å². The van der Waals surface area contributed by atoms with Gasteiger partial charge in [-0.2, -0.15) is 5.10 Å². The van der Waals surface area contributed by atoms with Crippen molar-refractivity contribution in [2.24, 2.45) is 7.05 Å². The van der Waals surface area contributed by atoms with E-state index >= 15 is 0 Å². The number of hydrogen-bond acceptors (Lipinski definition) is 6. The minimum atomic E-state index is 0.637. The molecule has 0 amide bonds. The molecule has 4 rings (SSSR count). The number of rotatable bonds is 3. The summed E-state index contributed by atoms with van der Waals surface area (Å²) in [5.41, 5.74) is 1.79. The molecule has 2 aromatic heterocycles. The normalized spacial score (nSPS) is 13.8. The van der Waals surface area contributed by atoms with Gasteiger partial charge in [0, 0.05) is 26.2 Å². The van der Waals surface area contributed by atoms with E-state index in [4.69, 9.17) is 9.47 Å². The van der Waals surface area contributed by atoms with Crippen LogP contribution in [0.15, 0.2) is 30.7 Å². The maximum Gasteiger partial charge on any atom is 0.186 e. The largest absolute Gasteiger partial charge is 0.490 e. The molecule has 7 heteroatoms. The number of anilines is 1. The molecule has 0 aliphatic carbocycles. The van der Waals surface area contributed by atoms with E-state index < -0.39 is 0 Å². The van der Waals surface area contributed by atoms with Crippen LogP contribution < -0.4 is 14.8 Å². The van der Waals surface area contributed by atoms with Crippen molar-refractivity contribution in [2.45, 2.75) is 13.0 Å². The van der Waals surface area contributed by atoms with Crippen molar-refractivity contribution in [1.29, 1.82) is 0 Å². The molecule has 1 aromatic carbocycles. The van der Waals surface area contributed by atoms with Gasteiger partial charge in [-0.05, 0) is 17.7 Å². The van der Waals surface area contributed by atoms with E-state index in [1.54, 1.807) is 4.68 Å². The molecule has 0 radical (unpaired) electrons. The van der Waals surface area contributed by atoms with Crippen LogP contribution in [-0.4, -0.2) is 33.0 Å². The Balaban J connectivity index is 1.55. The Bertz CT molecular complexity index is 846. The third-order valence-electron chi connectivity index (χ3n) is 3.70.